The Labute approximate surface area is 98.4 Å². The molecule has 0 aromatic carbocycles. The molecule has 1 N–H and O–H groups in total. The van der Waals surface area contributed by atoms with E-state index in [4.69, 9.17) is 4.42 Å². The van der Waals surface area contributed by atoms with Gasteiger partial charge in [0.25, 0.3) is 0 Å². The lowest BCUT2D eigenvalue weighted by Gasteiger charge is -2.13. The quantitative estimate of drug-likeness (QED) is 0.605. The molecular weight excluding hydrogens is 198 g/mol. The second-order valence-corrected chi connectivity index (χ2v) is 4.90. The maximum atomic E-state index is 5.28. The fraction of sp³-hybridized carbons (Fsp3) is 0.714. The van der Waals surface area contributed by atoms with Crippen LogP contribution in [-0.4, -0.2) is 6.54 Å². The summed E-state index contributed by atoms with van der Waals surface area (Å²) in [5, 5.41) is 3.46. The third kappa shape index (κ3) is 4.01. The minimum Gasteiger partial charge on any atom is -0.468 e. The van der Waals surface area contributed by atoms with Gasteiger partial charge in [-0.3, -0.25) is 0 Å². The molecule has 1 heterocycles. The highest BCUT2D eigenvalue weighted by molar-refractivity contribution is 4.97. The zero-order valence-corrected chi connectivity index (χ0v) is 10.1. The van der Waals surface area contributed by atoms with Crippen LogP contribution in [0.2, 0.25) is 0 Å². The van der Waals surface area contributed by atoms with E-state index in [1.807, 2.05) is 12.1 Å². The van der Waals surface area contributed by atoms with Gasteiger partial charge in [-0.1, -0.05) is 38.5 Å². The monoisotopic (exact) mass is 221 g/mol. The zero-order valence-electron chi connectivity index (χ0n) is 10.1. The van der Waals surface area contributed by atoms with Gasteiger partial charge in [0.2, 0.25) is 0 Å². The molecule has 1 aliphatic carbocycles. The van der Waals surface area contributed by atoms with Crippen molar-refractivity contribution in [2.45, 2.75) is 51.5 Å². The van der Waals surface area contributed by atoms with Crippen LogP contribution in [0.1, 0.15) is 50.7 Å². The molecule has 1 aliphatic rings. The van der Waals surface area contributed by atoms with E-state index in [0.717, 1.165) is 24.8 Å². The highest BCUT2D eigenvalue weighted by Crippen LogP contribution is 2.24. The van der Waals surface area contributed by atoms with Gasteiger partial charge in [-0.15, -0.1) is 0 Å². The summed E-state index contributed by atoms with van der Waals surface area (Å²) in [6.07, 6.45) is 11.8. The van der Waals surface area contributed by atoms with Crippen molar-refractivity contribution in [3.05, 3.63) is 24.2 Å². The van der Waals surface area contributed by atoms with Gasteiger partial charge in [-0.25, -0.2) is 0 Å². The maximum absolute atomic E-state index is 5.28. The summed E-state index contributed by atoms with van der Waals surface area (Å²) in [6.45, 7) is 2.01. The molecule has 0 radical (unpaired) electrons. The van der Waals surface area contributed by atoms with E-state index in [1.165, 1.54) is 44.9 Å². The topological polar surface area (TPSA) is 25.2 Å². The van der Waals surface area contributed by atoms with Gasteiger partial charge in [0.05, 0.1) is 12.8 Å². The van der Waals surface area contributed by atoms with Gasteiger partial charge in [0.1, 0.15) is 5.76 Å². The van der Waals surface area contributed by atoms with Crippen molar-refractivity contribution in [1.82, 2.24) is 5.32 Å². The molecule has 0 atom stereocenters. The first-order valence-corrected chi connectivity index (χ1v) is 6.68. The molecule has 1 aromatic heterocycles. The summed E-state index contributed by atoms with van der Waals surface area (Å²) in [7, 11) is 0. The average Bonchev–Trinajstić information content (AvgIpc) is 2.68. The molecule has 2 nitrogen and oxygen atoms in total. The van der Waals surface area contributed by atoms with Gasteiger partial charge < -0.3 is 9.73 Å². The molecule has 1 aromatic rings. The molecule has 1 saturated carbocycles. The van der Waals surface area contributed by atoms with Gasteiger partial charge in [0, 0.05) is 0 Å². The lowest BCUT2D eigenvalue weighted by molar-refractivity contribution is 0.405. The van der Waals surface area contributed by atoms with Crippen molar-refractivity contribution < 1.29 is 4.42 Å². The fourth-order valence-corrected chi connectivity index (χ4v) is 2.58. The third-order valence-electron chi connectivity index (χ3n) is 3.58. The molecule has 1 fully saturated rings. The van der Waals surface area contributed by atoms with Crippen molar-refractivity contribution in [2.24, 2.45) is 5.92 Å². The maximum Gasteiger partial charge on any atom is 0.117 e. The molecule has 0 unspecified atom stereocenters. The summed E-state index contributed by atoms with van der Waals surface area (Å²) in [5.74, 6) is 2.01. The second-order valence-electron chi connectivity index (χ2n) is 4.90. The van der Waals surface area contributed by atoms with Crippen LogP contribution in [0.3, 0.4) is 0 Å². The first-order chi connectivity index (χ1) is 7.95. The van der Waals surface area contributed by atoms with Crippen LogP contribution >= 0.6 is 0 Å². The Balaban J connectivity index is 1.56. The smallest absolute Gasteiger partial charge is 0.117 e. The summed E-state index contributed by atoms with van der Waals surface area (Å²) in [6, 6.07) is 3.97. The van der Waals surface area contributed by atoms with E-state index in [0.29, 0.717) is 0 Å². The molecule has 0 spiro atoms. The Bertz CT molecular complexity index is 260. The third-order valence-corrected chi connectivity index (χ3v) is 3.58. The predicted molar refractivity (Wildman–Crippen MR) is 66.2 cm³/mol. The highest BCUT2D eigenvalue weighted by atomic mass is 16.3. The van der Waals surface area contributed by atoms with E-state index >= 15 is 0 Å². The normalized spacial score (nSPS) is 18.5. The van der Waals surface area contributed by atoms with Crippen molar-refractivity contribution in [3.63, 3.8) is 0 Å². The standard InChI is InChI=1S/C14H23NO/c1-2-4-7-13(6-3-1)9-10-15-12-14-8-5-11-16-14/h5,8,11,13,15H,1-4,6-7,9-10,12H2. The number of rotatable bonds is 5. The Morgan fingerprint density at radius 3 is 2.69 bits per heavy atom. The molecule has 0 aliphatic heterocycles. The molecule has 2 rings (SSSR count). The van der Waals surface area contributed by atoms with Gasteiger partial charge in [-0.05, 0) is 31.0 Å². The van der Waals surface area contributed by atoms with Crippen LogP contribution in [0.15, 0.2) is 22.8 Å². The molecule has 0 amide bonds. The summed E-state index contributed by atoms with van der Waals surface area (Å²) in [4.78, 5) is 0. The molecule has 2 heteroatoms. The number of hydrogen-bond acceptors (Lipinski definition) is 2. The Hall–Kier alpha value is -0.760. The van der Waals surface area contributed by atoms with Crippen molar-refractivity contribution >= 4 is 0 Å². The van der Waals surface area contributed by atoms with Crippen molar-refractivity contribution in [3.8, 4) is 0 Å². The van der Waals surface area contributed by atoms with E-state index < -0.39 is 0 Å². The Morgan fingerprint density at radius 1 is 1.19 bits per heavy atom. The van der Waals surface area contributed by atoms with Crippen molar-refractivity contribution in [2.75, 3.05) is 6.54 Å². The van der Waals surface area contributed by atoms with Gasteiger partial charge >= 0.3 is 0 Å². The minimum atomic E-state index is 0.875. The van der Waals surface area contributed by atoms with Crippen LogP contribution in [-0.2, 0) is 6.54 Å². The Morgan fingerprint density at radius 2 is 2.00 bits per heavy atom. The number of furan rings is 1. The Kier molecular flexibility index (Phi) is 4.94. The second kappa shape index (κ2) is 6.74. The van der Waals surface area contributed by atoms with Crippen molar-refractivity contribution in [1.29, 1.82) is 0 Å². The fourth-order valence-electron chi connectivity index (χ4n) is 2.58. The van der Waals surface area contributed by atoms with E-state index in [-0.39, 0.29) is 0 Å². The van der Waals surface area contributed by atoms with Crippen LogP contribution in [0.5, 0.6) is 0 Å². The van der Waals surface area contributed by atoms with Crippen LogP contribution in [0.4, 0.5) is 0 Å². The molecular formula is C14H23NO. The zero-order chi connectivity index (χ0) is 11.1. The first-order valence-electron chi connectivity index (χ1n) is 6.68. The van der Waals surface area contributed by atoms with Gasteiger partial charge in [-0.2, -0.15) is 0 Å². The number of nitrogens with one attached hydrogen (secondary N) is 1. The first kappa shape index (κ1) is 11.7. The number of hydrogen-bond donors (Lipinski definition) is 1. The molecule has 16 heavy (non-hydrogen) atoms. The van der Waals surface area contributed by atoms with E-state index in [9.17, 15) is 0 Å². The predicted octanol–water partition coefficient (Wildman–Crippen LogP) is 3.73. The van der Waals surface area contributed by atoms with E-state index in [1.54, 1.807) is 6.26 Å². The molecule has 90 valence electrons. The van der Waals surface area contributed by atoms with Crippen LogP contribution in [0.25, 0.3) is 0 Å². The van der Waals surface area contributed by atoms with Crippen LogP contribution in [0, 0.1) is 5.92 Å². The summed E-state index contributed by atoms with van der Waals surface area (Å²) < 4.78 is 5.28. The lowest BCUT2D eigenvalue weighted by Crippen LogP contribution is -2.17. The average molecular weight is 221 g/mol. The molecule has 0 bridgehead atoms. The minimum absolute atomic E-state index is 0.875. The summed E-state index contributed by atoms with van der Waals surface area (Å²) >= 11 is 0. The highest BCUT2D eigenvalue weighted by Gasteiger charge is 2.11. The summed E-state index contributed by atoms with van der Waals surface area (Å²) in [5.41, 5.74) is 0. The van der Waals surface area contributed by atoms with Crippen LogP contribution < -0.4 is 5.32 Å². The largest absolute Gasteiger partial charge is 0.468 e. The van der Waals surface area contributed by atoms with Gasteiger partial charge in [0.15, 0.2) is 0 Å². The molecule has 0 saturated heterocycles. The lowest BCUT2D eigenvalue weighted by atomic mass is 9.97. The SMILES string of the molecule is c1coc(CNCCC2CCCCCC2)c1. The van der Waals surface area contributed by atoms with E-state index in [2.05, 4.69) is 5.32 Å².